The molecule has 0 radical (unpaired) electrons. The first kappa shape index (κ1) is 37.7. The second kappa shape index (κ2) is 15.9. The molecule has 0 atom stereocenters. The van der Waals surface area contributed by atoms with Crippen molar-refractivity contribution in [3.05, 3.63) is 236 Å². The van der Waals surface area contributed by atoms with Crippen LogP contribution in [0.5, 0.6) is 0 Å². The fourth-order valence-corrected chi connectivity index (χ4v) is 11.5. The minimum Gasteiger partial charge on any atom is -0.310 e. The fourth-order valence-electron chi connectivity index (χ4n) is 9.00. The summed E-state index contributed by atoms with van der Waals surface area (Å²) in [6.45, 7) is 6.94. The van der Waals surface area contributed by atoms with Gasteiger partial charge in [0.1, 0.15) is 0 Å². The second-order valence-corrected chi connectivity index (χ2v) is 17.8. The molecule has 1 nitrogen and oxygen atoms in total. The van der Waals surface area contributed by atoms with Gasteiger partial charge >= 0.3 is 0 Å². The van der Waals surface area contributed by atoms with Crippen molar-refractivity contribution in [3.8, 4) is 33.4 Å². The van der Waals surface area contributed by atoms with Gasteiger partial charge in [-0.15, -0.1) is 22.7 Å². The molecule has 0 aliphatic heterocycles. The van der Waals surface area contributed by atoms with Crippen LogP contribution in [0.25, 0.3) is 90.1 Å². The molecule has 0 fully saturated rings. The Bertz CT molecular complexity index is 3570. The van der Waals surface area contributed by atoms with Crippen LogP contribution >= 0.6 is 22.7 Å². The Morgan fingerprint density at radius 1 is 0.452 bits per heavy atom. The zero-order valence-electron chi connectivity index (χ0n) is 34.3. The number of nitrogens with zero attached hydrogens (tertiary/aromatic N) is 1. The van der Waals surface area contributed by atoms with Gasteiger partial charge in [-0.25, -0.2) is 0 Å². The van der Waals surface area contributed by atoms with Gasteiger partial charge in [0, 0.05) is 51.7 Å². The van der Waals surface area contributed by atoms with Crippen LogP contribution in [0.15, 0.2) is 231 Å². The van der Waals surface area contributed by atoms with E-state index in [1.165, 1.54) is 78.9 Å². The summed E-state index contributed by atoms with van der Waals surface area (Å²) in [6.07, 6.45) is 6.43. The van der Waals surface area contributed by atoms with Crippen molar-refractivity contribution in [2.75, 3.05) is 4.90 Å². The van der Waals surface area contributed by atoms with E-state index >= 15 is 0 Å². The zero-order valence-corrected chi connectivity index (χ0v) is 35.9. The molecular weight excluding hydrogens is 787 g/mol. The Balaban J connectivity index is 1.08. The molecule has 0 spiro atoms. The lowest BCUT2D eigenvalue weighted by atomic mass is 9.95. The molecule has 9 aromatic carbocycles. The highest BCUT2D eigenvalue weighted by Crippen LogP contribution is 2.45. The van der Waals surface area contributed by atoms with Crippen molar-refractivity contribution in [2.24, 2.45) is 0 Å². The van der Waals surface area contributed by atoms with Crippen LogP contribution in [-0.2, 0) is 0 Å². The average Bonchev–Trinajstić information content (AvgIpc) is 3.91. The van der Waals surface area contributed by atoms with Gasteiger partial charge in [-0.1, -0.05) is 176 Å². The number of anilines is 2. The first-order chi connectivity index (χ1) is 30.6. The fraction of sp³-hybridized carbons (Fsp3) is 0.0169. The molecule has 0 amide bonds. The lowest BCUT2D eigenvalue weighted by Crippen LogP contribution is -2.18. The smallest absolute Gasteiger partial charge is 0.0534 e. The molecule has 3 heteroatoms. The van der Waals surface area contributed by atoms with Gasteiger partial charge in [0.2, 0.25) is 0 Å². The van der Waals surface area contributed by atoms with Gasteiger partial charge in [0.05, 0.1) is 5.70 Å². The van der Waals surface area contributed by atoms with Crippen LogP contribution in [0.1, 0.15) is 12.5 Å². The third kappa shape index (κ3) is 6.64. The summed E-state index contributed by atoms with van der Waals surface area (Å²) in [6, 6.07) is 73.0. The standard InChI is InChI=1S/C59H41NS2/c1-3-4-33-55(39(2)47-28-14-18-40-17-5-6-25-48(40)47)60(46-24-13-22-44(38-46)50-30-16-32-54-52-27-8-10-35-57(52)62-59(50)54)45-23-12-20-42(37-45)41-19-11-21-43(36-41)49-29-15-31-53-51-26-7-9-34-56(51)61-58(49)53/h3-38H,2H2,1H3/b4-3-,55-33+. The summed E-state index contributed by atoms with van der Waals surface area (Å²) >= 11 is 3.74. The predicted octanol–water partition coefficient (Wildman–Crippen LogP) is 17.9. The first-order valence-corrected chi connectivity index (χ1v) is 22.7. The molecular formula is C59H41NS2. The Kier molecular flexibility index (Phi) is 9.69. The lowest BCUT2D eigenvalue weighted by Gasteiger charge is -2.30. The van der Waals surface area contributed by atoms with E-state index < -0.39 is 0 Å². The van der Waals surface area contributed by atoms with Crippen molar-refractivity contribution >= 4 is 90.7 Å². The van der Waals surface area contributed by atoms with E-state index in [2.05, 4.69) is 230 Å². The Morgan fingerprint density at radius 2 is 0.919 bits per heavy atom. The molecule has 0 unspecified atom stereocenters. The highest BCUT2D eigenvalue weighted by molar-refractivity contribution is 7.26. The molecule has 0 aliphatic carbocycles. The topological polar surface area (TPSA) is 3.24 Å². The number of hydrogen-bond acceptors (Lipinski definition) is 3. The third-order valence-electron chi connectivity index (χ3n) is 11.9. The maximum Gasteiger partial charge on any atom is 0.0534 e. The van der Waals surface area contributed by atoms with Crippen molar-refractivity contribution in [3.63, 3.8) is 0 Å². The minimum absolute atomic E-state index is 0.945. The Labute approximate surface area is 370 Å². The molecule has 294 valence electrons. The lowest BCUT2D eigenvalue weighted by molar-refractivity contribution is 1.22. The maximum atomic E-state index is 4.87. The van der Waals surface area contributed by atoms with Gasteiger partial charge in [-0.2, -0.15) is 0 Å². The molecule has 0 saturated carbocycles. The van der Waals surface area contributed by atoms with Crippen LogP contribution in [0.2, 0.25) is 0 Å². The summed E-state index contributed by atoms with van der Waals surface area (Å²) in [5.41, 5.74) is 12.3. The number of rotatable bonds is 9. The Hall–Kier alpha value is -7.30. The summed E-state index contributed by atoms with van der Waals surface area (Å²) in [5, 5.41) is 7.59. The molecule has 62 heavy (non-hydrogen) atoms. The number of fused-ring (bicyclic) bond motifs is 7. The van der Waals surface area contributed by atoms with E-state index in [4.69, 9.17) is 6.58 Å². The van der Waals surface area contributed by atoms with Crippen molar-refractivity contribution < 1.29 is 0 Å². The van der Waals surface area contributed by atoms with Crippen molar-refractivity contribution in [2.45, 2.75) is 6.92 Å². The van der Waals surface area contributed by atoms with Crippen LogP contribution in [-0.4, -0.2) is 0 Å². The predicted molar refractivity (Wildman–Crippen MR) is 273 cm³/mol. The largest absolute Gasteiger partial charge is 0.310 e. The zero-order chi connectivity index (χ0) is 41.6. The van der Waals surface area contributed by atoms with E-state index in [1.807, 2.05) is 22.7 Å². The van der Waals surface area contributed by atoms with Crippen LogP contribution < -0.4 is 4.90 Å². The molecule has 11 aromatic rings. The van der Waals surface area contributed by atoms with Crippen molar-refractivity contribution in [1.82, 2.24) is 0 Å². The van der Waals surface area contributed by atoms with E-state index in [-0.39, 0.29) is 0 Å². The number of thiophene rings is 2. The molecule has 2 heterocycles. The van der Waals surface area contributed by atoms with Gasteiger partial charge < -0.3 is 4.90 Å². The SMILES string of the molecule is C=C(/C(=C\C=C/C)N(c1cccc(-c2cccc(-c3cccc4c3sc3ccccc34)c2)c1)c1cccc(-c2cccc3c2sc2ccccc23)c1)c1cccc2ccccc12. The van der Waals surface area contributed by atoms with Gasteiger partial charge in [0.15, 0.2) is 0 Å². The van der Waals surface area contributed by atoms with E-state index in [0.29, 0.717) is 0 Å². The van der Waals surface area contributed by atoms with Crippen molar-refractivity contribution in [1.29, 1.82) is 0 Å². The minimum atomic E-state index is 0.945. The van der Waals surface area contributed by atoms with Gasteiger partial charge in [-0.3, -0.25) is 0 Å². The summed E-state index contributed by atoms with van der Waals surface area (Å²) in [4.78, 5) is 2.39. The molecule has 0 aliphatic rings. The van der Waals surface area contributed by atoms with Crippen LogP contribution in [0.3, 0.4) is 0 Å². The third-order valence-corrected chi connectivity index (χ3v) is 14.4. The average molecular weight is 828 g/mol. The van der Waals surface area contributed by atoms with E-state index in [9.17, 15) is 0 Å². The van der Waals surface area contributed by atoms with Gasteiger partial charge in [0.25, 0.3) is 0 Å². The van der Waals surface area contributed by atoms with Gasteiger partial charge in [-0.05, 0) is 111 Å². The summed E-state index contributed by atoms with van der Waals surface area (Å²) in [7, 11) is 0. The monoisotopic (exact) mass is 827 g/mol. The van der Waals surface area contributed by atoms with Crippen LogP contribution in [0, 0.1) is 0 Å². The molecule has 0 bridgehead atoms. The first-order valence-electron chi connectivity index (χ1n) is 21.1. The highest BCUT2D eigenvalue weighted by Gasteiger charge is 2.22. The quantitative estimate of drug-likeness (QED) is 0.131. The molecule has 0 saturated heterocycles. The summed E-state index contributed by atoms with van der Waals surface area (Å²) in [5.74, 6) is 0. The summed E-state index contributed by atoms with van der Waals surface area (Å²) < 4.78 is 5.24. The molecule has 0 N–H and O–H groups in total. The molecule has 2 aromatic heterocycles. The maximum absolute atomic E-state index is 4.87. The number of allylic oxidation sites excluding steroid dienone is 4. The highest BCUT2D eigenvalue weighted by atomic mass is 32.1. The molecule has 11 rings (SSSR count). The second-order valence-electron chi connectivity index (χ2n) is 15.7. The number of hydrogen-bond donors (Lipinski definition) is 0. The Morgan fingerprint density at radius 3 is 1.56 bits per heavy atom. The number of benzene rings is 9. The normalized spacial score (nSPS) is 12.0. The van der Waals surface area contributed by atoms with E-state index in [1.54, 1.807) is 0 Å². The van der Waals surface area contributed by atoms with E-state index in [0.717, 1.165) is 33.8 Å². The van der Waals surface area contributed by atoms with Crippen LogP contribution in [0.4, 0.5) is 11.4 Å².